The van der Waals surface area contributed by atoms with Crippen molar-refractivity contribution in [3.05, 3.63) is 24.3 Å². The molecule has 0 N–H and O–H groups in total. The lowest BCUT2D eigenvalue weighted by molar-refractivity contribution is 0.144. The number of ether oxygens (including phenoxy) is 1. The lowest BCUT2D eigenvalue weighted by Crippen LogP contribution is -2.47. The monoisotopic (exact) mass is 341 g/mol. The molecule has 1 aromatic rings. The zero-order valence-corrected chi connectivity index (χ0v) is 14.9. The van der Waals surface area contributed by atoms with Gasteiger partial charge >= 0.3 is 6.03 Å². The van der Waals surface area contributed by atoms with Gasteiger partial charge in [0.25, 0.3) is 0 Å². The summed E-state index contributed by atoms with van der Waals surface area (Å²) in [6.07, 6.45) is -0.535. The van der Waals surface area contributed by atoms with Crippen molar-refractivity contribution >= 4 is 16.1 Å². The van der Waals surface area contributed by atoms with Crippen LogP contribution in [0.25, 0.3) is 0 Å². The van der Waals surface area contributed by atoms with Gasteiger partial charge in [0.15, 0.2) is 0 Å². The van der Waals surface area contributed by atoms with E-state index in [2.05, 4.69) is 0 Å². The highest BCUT2D eigenvalue weighted by atomic mass is 32.2. The third-order valence-corrected chi connectivity index (χ3v) is 5.95. The summed E-state index contributed by atoms with van der Waals surface area (Å²) >= 11 is 0. The second-order valence-corrected chi connectivity index (χ2v) is 7.71. The molecule has 2 rings (SSSR count). The molecule has 1 fully saturated rings. The number of carbonyl (C=O) groups is 1. The molecule has 1 aromatic carbocycles. The molecule has 7 nitrogen and oxygen atoms in total. The van der Waals surface area contributed by atoms with Crippen molar-refractivity contribution in [2.75, 3.05) is 27.7 Å². The maximum Gasteiger partial charge on any atom is 0.321 e. The molecule has 1 aliphatic rings. The number of amides is 2. The van der Waals surface area contributed by atoms with Gasteiger partial charge in [-0.25, -0.2) is 13.2 Å². The zero-order chi connectivity index (χ0) is 17.4. The van der Waals surface area contributed by atoms with Gasteiger partial charge in [0.05, 0.1) is 18.2 Å². The van der Waals surface area contributed by atoms with Crippen LogP contribution in [0.1, 0.15) is 13.8 Å². The largest absolute Gasteiger partial charge is 0.497 e. The summed E-state index contributed by atoms with van der Waals surface area (Å²) in [6, 6.07) is 5.87. The van der Waals surface area contributed by atoms with Crippen LogP contribution in [-0.4, -0.2) is 68.5 Å². The Morgan fingerprint density at radius 3 is 2.26 bits per heavy atom. The quantitative estimate of drug-likeness (QED) is 0.834. The minimum absolute atomic E-state index is 0.187. The Labute approximate surface area is 137 Å². The lowest BCUT2D eigenvalue weighted by atomic mass is 10.3. The number of benzene rings is 1. The number of hydrogen-bond acceptors (Lipinski definition) is 4. The highest BCUT2D eigenvalue weighted by Gasteiger charge is 2.44. The van der Waals surface area contributed by atoms with E-state index in [4.69, 9.17) is 4.74 Å². The van der Waals surface area contributed by atoms with Crippen LogP contribution in [0.4, 0.5) is 4.79 Å². The molecule has 0 aromatic heterocycles. The van der Waals surface area contributed by atoms with E-state index in [0.717, 1.165) is 0 Å². The molecule has 2 amide bonds. The van der Waals surface area contributed by atoms with E-state index in [0.29, 0.717) is 5.75 Å². The molecule has 23 heavy (non-hydrogen) atoms. The number of rotatable bonds is 3. The first-order chi connectivity index (χ1) is 10.7. The fourth-order valence-corrected chi connectivity index (χ4v) is 4.44. The van der Waals surface area contributed by atoms with Crippen molar-refractivity contribution in [1.82, 2.24) is 14.1 Å². The van der Waals surface area contributed by atoms with Gasteiger partial charge in [-0.1, -0.05) is 0 Å². The minimum Gasteiger partial charge on any atom is -0.497 e. The van der Waals surface area contributed by atoms with E-state index in [1.165, 1.54) is 28.4 Å². The number of carbonyl (C=O) groups excluding carboxylic acids is 1. The van der Waals surface area contributed by atoms with Gasteiger partial charge in [-0.05, 0) is 38.1 Å². The summed E-state index contributed by atoms with van der Waals surface area (Å²) in [5, 5.41) is 0. The third kappa shape index (κ3) is 3.13. The Bertz CT molecular complexity index is 672. The van der Waals surface area contributed by atoms with Crippen molar-refractivity contribution in [1.29, 1.82) is 0 Å². The van der Waals surface area contributed by atoms with Crippen LogP contribution < -0.4 is 4.74 Å². The Balaban J connectivity index is 2.31. The van der Waals surface area contributed by atoms with E-state index in [1.54, 1.807) is 38.1 Å². The molecule has 1 heterocycles. The van der Waals surface area contributed by atoms with Crippen LogP contribution in [-0.2, 0) is 10.0 Å². The molecule has 1 saturated heterocycles. The molecule has 1 aliphatic heterocycles. The molecule has 2 atom stereocenters. The summed E-state index contributed by atoms with van der Waals surface area (Å²) in [5.41, 5.74) is 0. The maximum absolute atomic E-state index is 12.9. The average molecular weight is 341 g/mol. The first-order valence-corrected chi connectivity index (χ1v) is 8.79. The smallest absolute Gasteiger partial charge is 0.321 e. The fraction of sp³-hybridized carbons (Fsp3) is 0.533. The summed E-state index contributed by atoms with van der Waals surface area (Å²) in [6.45, 7) is 3.85. The summed E-state index contributed by atoms with van der Waals surface area (Å²) in [4.78, 5) is 15.5. The number of methoxy groups -OCH3 is 1. The van der Waals surface area contributed by atoms with Gasteiger partial charge in [0.1, 0.15) is 5.75 Å². The van der Waals surface area contributed by atoms with E-state index >= 15 is 0 Å². The normalized spacial score (nSPS) is 22.2. The van der Waals surface area contributed by atoms with Crippen molar-refractivity contribution in [3.8, 4) is 5.75 Å². The predicted molar refractivity (Wildman–Crippen MR) is 86.7 cm³/mol. The second-order valence-electron chi connectivity index (χ2n) is 5.82. The SMILES string of the molecule is COc1ccc(S(=O)(=O)N2C[C@@H](C)N(C(=O)N(C)C)[C@@H]2C)cc1. The van der Waals surface area contributed by atoms with E-state index in [1.807, 2.05) is 6.92 Å². The number of nitrogens with zero attached hydrogens (tertiary/aromatic N) is 3. The second kappa shape index (κ2) is 6.37. The Morgan fingerprint density at radius 2 is 1.78 bits per heavy atom. The van der Waals surface area contributed by atoms with Crippen LogP contribution in [0, 0.1) is 0 Å². The molecular weight excluding hydrogens is 318 g/mol. The molecule has 0 bridgehead atoms. The van der Waals surface area contributed by atoms with Crippen LogP contribution in [0.2, 0.25) is 0 Å². The van der Waals surface area contributed by atoms with Gasteiger partial charge in [-0.15, -0.1) is 0 Å². The highest BCUT2D eigenvalue weighted by Crippen LogP contribution is 2.29. The average Bonchev–Trinajstić information content (AvgIpc) is 2.82. The molecule has 0 aliphatic carbocycles. The molecular formula is C15H23N3O4S. The standard InChI is InChI=1S/C15H23N3O4S/c1-11-10-17(12(2)18(11)15(19)16(3)4)23(20,21)14-8-6-13(22-5)7-9-14/h6-9,11-12H,10H2,1-5H3/t11-,12-/m1/s1. The Hall–Kier alpha value is -1.80. The molecule has 0 radical (unpaired) electrons. The van der Waals surface area contributed by atoms with Gasteiger partial charge in [-0.2, -0.15) is 4.31 Å². The maximum atomic E-state index is 12.9. The van der Waals surface area contributed by atoms with Crippen molar-refractivity contribution in [2.45, 2.75) is 31.0 Å². The Kier molecular flexibility index (Phi) is 4.86. The summed E-state index contributed by atoms with van der Waals surface area (Å²) < 4.78 is 32.1. The number of hydrogen-bond donors (Lipinski definition) is 0. The van der Waals surface area contributed by atoms with Crippen molar-refractivity contribution < 1.29 is 17.9 Å². The van der Waals surface area contributed by atoms with Gasteiger partial charge in [0.2, 0.25) is 10.0 Å². The number of urea groups is 1. The van der Waals surface area contributed by atoms with Gasteiger partial charge in [-0.3, -0.25) is 0 Å². The zero-order valence-electron chi connectivity index (χ0n) is 14.1. The summed E-state index contributed by atoms with van der Waals surface area (Å²) in [5.74, 6) is 0.594. The molecule has 8 heteroatoms. The predicted octanol–water partition coefficient (Wildman–Crippen LogP) is 1.42. The van der Waals surface area contributed by atoms with E-state index in [-0.39, 0.29) is 23.5 Å². The van der Waals surface area contributed by atoms with Crippen LogP contribution in [0.5, 0.6) is 5.75 Å². The number of sulfonamides is 1. The first-order valence-electron chi connectivity index (χ1n) is 7.35. The first kappa shape index (κ1) is 17.6. The van der Waals surface area contributed by atoms with Crippen molar-refractivity contribution in [2.24, 2.45) is 0 Å². The molecule has 0 spiro atoms. The van der Waals surface area contributed by atoms with Crippen molar-refractivity contribution in [3.63, 3.8) is 0 Å². The fourth-order valence-electron chi connectivity index (χ4n) is 2.77. The molecule has 128 valence electrons. The summed E-state index contributed by atoms with van der Waals surface area (Å²) in [7, 11) is 1.16. The topological polar surface area (TPSA) is 70.2 Å². The molecule has 0 unspecified atom stereocenters. The van der Waals surface area contributed by atoms with Gasteiger partial charge < -0.3 is 14.5 Å². The van der Waals surface area contributed by atoms with Crippen LogP contribution >= 0.6 is 0 Å². The van der Waals surface area contributed by atoms with Gasteiger partial charge in [0, 0.05) is 26.7 Å². The highest BCUT2D eigenvalue weighted by molar-refractivity contribution is 7.89. The van der Waals surface area contributed by atoms with Crippen LogP contribution in [0.3, 0.4) is 0 Å². The lowest BCUT2D eigenvalue weighted by Gasteiger charge is -2.30. The third-order valence-electron chi connectivity index (χ3n) is 4.01. The van der Waals surface area contributed by atoms with E-state index < -0.39 is 16.2 Å². The van der Waals surface area contributed by atoms with E-state index in [9.17, 15) is 13.2 Å². The van der Waals surface area contributed by atoms with Crippen LogP contribution in [0.15, 0.2) is 29.2 Å². The molecule has 0 saturated carbocycles. The Morgan fingerprint density at radius 1 is 1.22 bits per heavy atom. The minimum atomic E-state index is -3.67.